The van der Waals surface area contributed by atoms with Crippen molar-refractivity contribution in [2.45, 2.75) is 13.0 Å². The molecule has 2 nitrogen and oxygen atoms in total. The van der Waals surface area contributed by atoms with Crippen molar-refractivity contribution in [1.29, 1.82) is 0 Å². The standard InChI is InChI=1S/C16H17BrClFN2/c1-10(13-6-4-11(19)8-14(13)17)20-12-5-7-16(21(2)3)15(18)9-12/h4-10,20H,1-3H3. The Morgan fingerprint density at radius 2 is 1.90 bits per heavy atom. The number of nitrogens with zero attached hydrogens (tertiary/aromatic N) is 1. The van der Waals surface area contributed by atoms with Gasteiger partial charge in [0.15, 0.2) is 0 Å². The molecule has 2 aromatic rings. The second-order valence-electron chi connectivity index (χ2n) is 5.09. The lowest BCUT2D eigenvalue weighted by molar-refractivity contribution is 0.625. The smallest absolute Gasteiger partial charge is 0.124 e. The van der Waals surface area contributed by atoms with Crippen LogP contribution in [0.4, 0.5) is 15.8 Å². The van der Waals surface area contributed by atoms with Gasteiger partial charge in [0.2, 0.25) is 0 Å². The molecular formula is C16H17BrClFN2. The molecule has 0 radical (unpaired) electrons. The fourth-order valence-electron chi connectivity index (χ4n) is 2.14. The summed E-state index contributed by atoms with van der Waals surface area (Å²) in [6, 6.07) is 10.6. The molecule has 1 unspecified atom stereocenters. The van der Waals surface area contributed by atoms with Crippen LogP contribution in [0, 0.1) is 5.82 Å². The van der Waals surface area contributed by atoms with Gasteiger partial charge in [-0.05, 0) is 42.8 Å². The maximum absolute atomic E-state index is 13.1. The van der Waals surface area contributed by atoms with Crippen molar-refractivity contribution in [3.05, 3.63) is 57.3 Å². The first-order valence-electron chi connectivity index (χ1n) is 6.57. The van der Waals surface area contributed by atoms with E-state index in [1.54, 1.807) is 6.07 Å². The summed E-state index contributed by atoms with van der Waals surface area (Å²) < 4.78 is 13.9. The van der Waals surface area contributed by atoms with Gasteiger partial charge >= 0.3 is 0 Å². The van der Waals surface area contributed by atoms with Gasteiger partial charge in [-0.25, -0.2) is 4.39 Å². The van der Waals surface area contributed by atoms with Crippen LogP contribution < -0.4 is 10.2 Å². The molecule has 2 aromatic carbocycles. The lowest BCUT2D eigenvalue weighted by atomic mass is 10.1. The van der Waals surface area contributed by atoms with Crippen molar-refractivity contribution in [2.24, 2.45) is 0 Å². The normalized spacial score (nSPS) is 12.1. The second kappa shape index (κ2) is 6.67. The predicted octanol–water partition coefficient (Wildman–Crippen LogP) is 5.48. The summed E-state index contributed by atoms with van der Waals surface area (Å²) in [6.07, 6.45) is 0. The van der Waals surface area contributed by atoms with E-state index in [-0.39, 0.29) is 11.9 Å². The van der Waals surface area contributed by atoms with Gasteiger partial charge in [-0.2, -0.15) is 0 Å². The van der Waals surface area contributed by atoms with Crippen LogP contribution in [-0.4, -0.2) is 14.1 Å². The van der Waals surface area contributed by atoms with Crippen LogP contribution in [0.2, 0.25) is 5.02 Å². The molecule has 5 heteroatoms. The van der Waals surface area contributed by atoms with Gasteiger partial charge in [-0.3, -0.25) is 0 Å². The summed E-state index contributed by atoms with van der Waals surface area (Å²) in [4.78, 5) is 1.96. The fourth-order valence-corrected chi connectivity index (χ4v) is 3.18. The molecule has 0 aliphatic heterocycles. The van der Waals surface area contributed by atoms with E-state index in [1.807, 2.05) is 44.1 Å². The molecule has 0 aliphatic rings. The number of rotatable bonds is 4. The van der Waals surface area contributed by atoms with Crippen LogP contribution in [-0.2, 0) is 0 Å². The summed E-state index contributed by atoms with van der Waals surface area (Å²) in [5, 5.41) is 4.06. The number of hydrogen-bond acceptors (Lipinski definition) is 2. The maximum atomic E-state index is 13.1. The highest BCUT2D eigenvalue weighted by atomic mass is 79.9. The molecule has 0 spiro atoms. The van der Waals surface area contributed by atoms with Gasteiger partial charge in [0, 0.05) is 30.3 Å². The number of benzene rings is 2. The molecule has 0 amide bonds. The van der Waals surface area contributed by atoms with Crippen molar-refractivity contribution in [3.8, 4) is 0 Å². The SMILES string of the molecule is CC(Nc1ccc(N(C)C)c(Cl)c1)c1ccc(F)cc1Br. The van der Waals surface area contributed by atoms with Crippen molar-refractivity contribution >= 4 is 38.9 Å². The van der Waals surface area contributed by atoms with Crippen molar-refractivity contribution in [3.63, 3.8) is 0 Å². The molecule has 1 atom stereocenters. The fraction of sp³-hybridized carbons (Fsp3) is 0.250. The first-order valence-corrected chi connectivity index (χ1v) is 7.74. The highest BCUT2D eigenvalue weighted by Crippen LogP contribution is 2.31. The Labute approximate surface area is 138 Å². The van der Waals surface area contributed by atoms with E-state index in [2.05, 4.69) is 21.2 Å². The number of anilines is 2. The molecule has 1 N–H and O–H groups in total. The molecule has 0 aromatic heterocycles. The Balaban J connectivity index is 2.19. The minimum Gasteiger partial charge on any atom is -0.378 e. The summed E-state index contributed by atoms with van der Waals surface area (Å²) in [6.45, 7) is 2.02. The van der Waals surface area contributed by atoms with E-state index in [4.69, 9.17) is 11.6 Å². The summed E-state index contributed by atoms with van der Waals surface area (Å²) >= 11 is 9.66. The van der Waals surface area contributed by atoms with Gasteiger partial charge in [-0.15, -0.1) is 0 Å². The summed E-state index contributed by atoms with van der Waals surface area (Å²) in [5.41, 5.74) is 2.89. The van der Waals surface area contributed by atoms with Crippen molar-refractivity contribution in [1.82, 2.24) is 0 Å². The molecule has 21 heavy (non-hydrogen) atoms. The van der Waals surface area contributed by atoms with E-state index in [9.17, 15) is 4.39 Å². The van der Waals surface area contributed by atoms with Crippen LogP contribution in [0.15, 0.2) is 40.9 Å². The maximum Gasteiger partial charge on any atom is 0.124 e. The third-order valence-corrected chi connectivity index (χ3v) is 4.23. The van der Waals surface area contributed by atoms with E-state index < -0.39 is 0 Å². The Morgan fingerprint density at radius 3 is 2.48 bits per heavy atom. The van der Waals surface area contributed by atoms with Crippen LogP contribution >= 0.6 is 27.5 Å². The van der Waals surface area contributed by atoms with E-state index in [0.29, 0.717) is 5.02 Å². The zero-order valence-electron chi connectivity index (χ0n) is 12.1. The lowest BCUT2D eigenvalue weighted by Crippen LogP contribution is -2.10. The van der Waals surface area contributed by atoms with Gasteiger partial charge in [-0.1, -0.05) is 33.6 Å². The van der Waals surface area contributed by atoms with Crippen molar-refractivity contribution < 1.29 is 4.39 Å². The largest absolute Gasteiger partial charge is 0.378 e. The molecule has 0 saturated carbocycles. The highest BCUT2D eigenvalue weighted by Gasteiger charge is 2.11. The topological polar surface area (TPSA) is 15.3 Å². The Kier molecular flexibility index (Phi) is 5.12. The molecule has 0 saturated heterocycles. The summed E-state index contributed by atoms with van der Waals surface area (Å²) in [5.74, 6) is -0.254. The molecular weight excluding hydrogens is 355 g/mol. The third kappa shape index (κ3) is 3.89. The van der Waals surface area contributed by atoms with Gasteiger partial charge in [0.05, 0.1) is 10.7 Å². The van der Waals surface area contributed by atoms with Crippen LogP contribution in [0.5, 0.6) is 0 Å². The highest BCUT2D eigenvalue weighted by molar-refractivity contribution is 9.10. The number of nitrogens with one attached hydrogen (secondary N) is 1. The van der Waals surface area contributed by atoms with E-state index in [0.717, 1.165) is 21.4 Å². The second-order valence-corrected chi connectivity index (χ2v) is 6.35. The average molecular weight is 372 g/mol. The minimum atomic E-state index is -0.254. The van der Waals surface area contributed by atoms with Crippen LogP contribution in [0.3, 0.4) is 0 Å². The van der Waals surface area contributed by atoms with Crippen LogP contribution in [0.25, 0.3) is 0 Å². The first-order chi connectivity index (χ1) is 9.88. The zero-order chi connectivity index (χ0) is 15.6. The number of halogens is 3. The van der Waals surface area contributed by atoms with Gasteiger partial charge in [0.1, 0.15) is 5.82 Å². The first kappa shape index (κ1) is 16.1. The summed E-state index contributed by atoms with van der Waals surface area (Å²) in [7, 11) is 3.90. The molecule has 0 fully saturated rings. The Bertz CT molecular complexity index is 646. The van der Waals surface area contributed by atoms with Gasteiger partial charge < -0.3 is 10.2 Å². The Hall–Kier alpha value is -1.26. The Morgan fingerprint density at radius 1 is 1.19 bits per heavy atom. The van der Waals surface area contributed by atoms with Gasteiger partial charge in [0.25, 0.3) is 0 Å². The quantitative estimate of drug-likeness (QED) is 0.765. The lowest BCUT2D eigenvalue weighted by Gasteiger charge is -2.19. The zero-order valence-corrected chi connectivity index (χ0v) is 14.5. The minimum absolute atomic E-state index is 0.0289. The van der Waals surface area contributed by atoms with Crippen molar-refractivity contribution in [2.75, 3.05) is 24.3 Å². The monoisotopic (exact) mass is 370 g/mol. The third-order valence-electron chi connectivity index (χ3n) is 3.24. The molecule has 0 bridgehead atoms. The van der Waals surface area contributed by atoms with E-state index in [1.165, 1.54) is 12.1 Å². The van der Waals surface area contributed by atoms with Crippen LogP contribution in [0.1, 0.15) is 18.5 Å². The molecule has 0 aliphatic carbocycles. The number of hydrogen-bond donors (Lipinski definition) is 1. The molecule has 112 valence electrons. The average Bonchev–Trinajstić information content (AvgIpc) is 2.37. The molecule has 0 heterocycles. The predicted molar refractivity (Wildman–Crippen MR) is 91.9 cm³/mol. The molecule has 2 rings (SSSR count). The van der Waals surface area contributed by atoms with E-state index >= 15 is 0 Å².